The van der Waals surface area contributed by atoms with E-state index in [9.17, 15) is 14.9 Å². The first-order chi connectivity index (χ1) is 10.5. The Morgan fingerprint density at radius 1 is 1.50 bits per heavy atom. The van der Waals surface area contributed by atoms with Crippen molar-refractivity contribution < 1.29 is 9.72 Å². The highest BCUT2D eigenvalue weighted by atomic mass is 79.9. The standard InChI is InChI=1S/C14H15BrN4O3/c1-3-18-13(11(15)7-17-18)8-16-14(20)10-5-4-6-12(9(10)2)19(21)22/h4-7H,3,8H2,1-2H3,(H,16,20). The van der Waals surface area contributed by atoms with Crippen LogP contribution in [0.15, 0.2) is 28.9 Å². The number of aryl methyl sites for hydroxylation is 1. The van der Waals surface area contributed by atoms with Gasteiger partial charge in [0.05, 0.1) is 27.8 Å². The maximum atomic E-state index is 12.3. The third kappa shape index (κ3) is 3.16. The highest BCUT2D eigenvalue weighted by Crippen LogP contribution is 2.21. The zero-order valence-electron chi connectivity index (χ0n) is 12.2. The van der Waals surface area contributed by atoms with Crippen LogP contribution in [0.1, 0.15) is 28.5 Å². The molecular weight excluding hydrogens is 352 g/mol. The van der Waals surface area contributed by atoms with Gasteiger partial charge in [0, 0.05) is 23.7 Å². The third-order valence-electron chi connectivity index (χ3n) is 3.36. The van der Waals surface area contributed by atoms with Gasteiger partial charge in [0.2, 0.25) is 0 Å². The highest BCUT2D eigenvalue weighted by Gasteiger charge is 2.18. The molecule has 0 atom stereocenters. The fourth-order valence-electron chi connectivity index (χ4n) is 2.16. The van der Waals surface area contributed by atoms with E-state index in [1.807, 2.05) is 6.92 Å². The van der Waals surface area contributed by atoms with E-state index in [0.29, 0.717) is 17.7 Å². The lowest BCUT2D eigenvalue weighted by Gasteiger charge is -2.09. The molecule has 1 amide bonds. The van der Waals surface area contributed by atoms with E-state index in [2.05, 4.69) is 26.3 Å². The Morgan fingerprint density at radius 2 is 2.23 bits per heavy atom. The van der Waals surface area contributed by atoms with Gasteiger partial charge in [0.1, 0.15) is 0 Å². The summed E-state index contributed by atoms with van der Waals surface area (Å²) >= 11 is 3.39. The predicted molar refractivity (Wildman–Crippen MR) is 84.6 cm³/mol. The van der Waals surface area contributed by atoms with Crippen LogP contribution in [0, 0.1) is 17.0 Å². The molecule has 1 N–H and O–H groups in total. The Morgan fingerprint density at radius 3 is 2.86 bits per heavy atom. The van der Waals surface area contributed by atoms with Crippen molar-refractivity contribution in [2.45, 2.75) is 26.9 Å². The number of carbonyl (C=O) groups is 1. The fourth-order valence-corrected chi connectivity index (χ4v) is 2.60. The Bertz CT molecular complexity index is 727. The summed E-state index contributed by atoms with van der Waals surface area (Å²) in [6, 6.07) is 4.46. The lowest BCUT2D eigenvalue weighted by molar-refractivity contribution is -0.385. The molecular formula is C14H15BrN4O3. The molecule has 1 heterocycles. The molecule has 2 rings (SSSR count). The van der Waals surface area contributed by atoms with Crippen LogP contribution in [-0.2, 0) is 13.1 Å². The van der Waals surface area contributed by atoms with Crippen molar-refractivity contribution in [3.05, 3.63) is 55.8 Å². The number of amides is 1. The second kappa shape index (κ2) is 6.69. The van der Waals surface area contributed by atoms with E-state index in [1.165, 1.54) is 12.1 Å². The number of benzene rings is 1. The summed E-state index contributed by atoms with van der Waals surface area (Å²) in [7, 11) is 0. The SMILES string of the molecule is CCn1ncc(Br)c1CNC(=O)c1cccc([N+](=O)[O-])c1C. The first-order valence-electron chi connectivity index (χ1n) is 6.68. The second-order valence-corrected chi connectivity index (χ2v) is 5.50. The molecule has 8 heteroatoms. The van der Waals surface area contributed by atoms with Crippen molar-refractivity contribution in [2.75, 3.05) is 0 Å². The number of halogens is 1. The molecule has 0 unspecified atom stereocenters. The van der Waals surface area contributed by atoms with Gasteiger partial charge in [-0.25, -0.2) is 0 Å². The van der Waals surface area contributed by atoms with Gasteiger partial charge in [-0.1, -0.05) is 6.07 Å². The summed E-state index contributed by atoms with van der Waals surface area (Å²) in [4.78, 5) is 22.7. The van der Waals surface area contributed by atoms with Crippen LogP contribution in [-0.4, -0.2) is 20.6 Å². The lowest BCUT2D eigenvalue weighted by Crippen LogP contribution is -2.25. The van der Waals surface area contributed by atoms with Crippen molar-refractivity contribution in [2.24, 2.45) is 0 Å². The third-order valence-corrected chi connectivity index (χ3v) is 4.02. The summed E-state index contributed by atoms with van der Waals surface area (Å²) < 4.78 is 2.58. The molecule has 116 valence electrons. The quantitative estimate of drug-likeness (QED) is 0.650. The summed E-state index contributed by atoms with van der Waals surface area (Å²) in [5, 5.41) is 17.9. The van der Waals surface area contributed by atoms with Gasteiger partial charge in [0.15, 0.2) is 0 Å². The van der Waals surface area contributed by atoms with Crippen LogP contribution in [0.25, 0.3) is 0 Å². The van der Waals surface area contributed by atoms with Crippen molar-refractivity contribution in [3.8, 4) is 0 Å². The van der Waals surface area contributed by atoms with Crippen LogP contribution >= 0.6 is 15.9 Å². The van der Waals surface area contributed by atoms with Crippen molar-refractivity contribution >= 4 is 27.5 Å². The number of hydrogen-bond donors (Lipinski definition) is 1. The van der Waals surface area contributed by atoms with E-state index in [4.69, 9.17) is 0 Å². The predicted octanol–water partition coefficient (Wildman–Crippen LogP) is 2.81. The number of nitro benzene ring substituents is 1. The van der Waals surface area contributed by atoms with E-state index in [1.54, 1.807) is 23.9 Å². The normalized spacial score (nSPS) is 10.5. The zero-order valence-corrected chi connectivity index (χ0v) is 13.8. The molecule has 0 aliphatic heterocycles. The Labute approximate surface area is 135 Å². The highest BCUT2D eigenvalue weighted by molar-refractivity contribution is 9.10. The minimum absolute atomic E-state index is 0.0626. The Balaban J connectivity index is 2.18. The summed E-state index contributed by atoms with van der Waals surface area (Å²) in [5.41, 5.74) is 1.44. The van der Waals surface area contributed by atoms with Gasteiger partial charge in [0.25, 0.3) is 11.6 Å². The topological polar surface area (TPSA) is 90.1 Å². The van der Waals surface area contributed by atoms with E-state index < -0.39 is 4.92 Å². The number of hydrogen-bond acceptors (Lipinski definition) is 4. The number of nitro groups is 1. The van der Waals surface area contributed by atoms with Gasteiger partial charge in [-0.05, 0) is 35.8 Å². The molecule has 0 saturated carbocycles. The van der Waals surface area contributed by atoms with Crippen LogP contribution in [0.5, 0.6) is 0 Å². The van der Waals surface area contributed by atoms with Gasteiger partial charge in [-0.3, -0.25) is 19.6 Å². The molecule has 22 heavy (non-hydrogen) atoms. The van der Waals surface area contributed by atoms with Gasteiger partial charge < -0.3 is 5.32 Å². The molecule has 0 radical (unpaired) electrons. The zero-order chi connectivity index (χ0) is 16.3. The first-order valence-corrected chi connectivity index (χ1v) is 7.47. The van der Waals surface area contributed by atoms with Crippen molar-refractivity contribution in [1.82, 2.24) is 15.1 Å². The first kappa shape index (κ1) is 16.2. The molecule has 1 aromatic carbocycles. The van der Waals surface area contributed by atoms with E-state index in [-0.39, 0.29) is 18.1 Å². The number of nitrogens with one attached hydrogen (secondary N) is 1. The molecule has 2 aromatic rings. The minimum atomic E-state index is -0.491. The largest absolute Gasteiger partial charge is 0.346 e. The number of carbonyl (C=O) groups excluding carboxylic acids is 1. The summed E-state index contributed by atoms with van der Waals surface area (Å²) in [6.07, 6.45) is 1.67. The second-order valence-electron chi connectivity index (χ2n) is 4.64. The van der Waals surface area contributed by atoms with Crippen molar-refractivity contribution in [3.63, 3.8) is 0 Å². The smallest absolute Gasteiger partial charge is 0.273 e. The number of nitrogens with zero attached hydrogens (tertiary/aromatic N) is 3. The molecule has 0 fully saturated rings. The summed E-state index contributed by atoms with van der Waals surface area (Å²) in [6.45, 7) is 4.50. The molecule has 0 aliphatic rings. The molecule has 7 nitrogen and oxygen atoms in total. The summed E-state index contributed by atoms with van der Waals surface area (Å²) in [5.74, 6) is -0.350. The van der Waals surface area contributed by atoms with Crippen LogP contribution in [0.3, 0.4) is 0 Å². The fraction of sp³-hybridized carbons (Fsp3) is 0.286. The van der Waals surface area contributed by atoms with Crippen molar-refractivity contribution in [1.29, 1.82) is 0 Å². The molecule has 0 saturated heterocycles. The number of aromatic nitrogens is 2. The molecule has 0 bridgehead atoms. The monoisotopic (exact) mass is 366 g/mol. The van der Waals surface area contributed by atoms with E-state index in [0.717, 1.165) is 10.2 Å². The Hall–Kier alpha value is -2.22. The average molecular weight is 367 g/mol. The maximum Gasteiger partial charge on any atom is 0.273 e. The van der Waals surface area contributed by atoms with Crippen LogP contribution in [0.2, 0.25) is 0 Å². The number of rotatable bonds is 5. The molecule has 0 spiro atoms. The van der Waals surface area contributed by atoms with Gasteiger partial charge in [-0.2, -0.15) is 5.10 Å². The lowest BCUT2D eigenvalue weighted by atomic mass is 10.1. The van der Waals surface area contributed by atoms with Crippen LogP contribution < -0.4 is 5.32 Å². The molecule has 1 aromatic heterocycles. The maximum absolute atomic E-state index is 12.3. The van der Waals surface area contributed by atoms with Crippen LogP contribution in [0.4, 0.5) is 5.69 Å². The van der Waals surface area contributed by atoms with Gasteiger partial charge >= 0.3 is 0 Å². The average Bonchev–Trinajstić information content (AvgIpc) is 2.85. The van der Waals surface area contributed by atoms with E-state index >= 15 is 0 Å². The van der Waals surface area contributed by atoms with Gasteiger partial charge in [-0.15, -0.1) is 0 Å². The Kier molecular flexibility index (Phi) is 4.92. The minimum Gasteiger partial charge on any atom is -0.346 e. The molecule has 0 aliphatic carbocycles.